The van der Waals surface area contributed by atoms with Crippen LogP contribution in [0.15, 0.2) is 0 Å². The van der Waals surface area contributed by atoms with Gasteiger partial charge in [0.1, 0.15) is 0 Å². The summed E-state index contributed by atoms with van der Waals surface area (Å²) >= 11 is 0. The zero-order valence-corrected chi connectivity index (χ0v) is 18.7. The number of nitrogens with zero attached hydrogens (tertiary/aromatic N) is 1. The Morgan fingerprint density at radius 3 is 1.50 bits per heavy atom. The van der Waals surface area contributed by atoms with Crippen LogP contribution < -0.4 is 5.73 Å². The zero-order chi connectivity index (χ0) is 22.3. The highest BCUT2D eigenvalue weighted by Gasteiger charge is 2.06. The Bertz CT molecular complexity index is 381. The summed E-state index contributed by atoms with van der Waals surface area (Å²) in [5.74, 6) is -1.42. The molecular formula is C22H44N2O6. The fraction of sp³-hybridized carbons (Fsp3) is 0.909. The average Bonchev–Trinajstić information content (AvgIpc) is 2.70. The number of hydrogen-bond donors (Lipinski definition) is 3. The lowest BCUT2D eigenvalue weighted by Gasteiger charge is -2.22. The maximum Gasteiger partial charge on any atom is 0.303 e. The number of carboxylic acid groups (broad SMARTS) is 2. The molecule has 0 aromatic heterocycles. The first-order chi connectivity index (χ1) is 14.6. The molecule has 0 radical (unpaired) electrons. The first kappa shape index (κ1) is 28.8. The van der Waals surface area contributed by atoms with E-state index in [1.165, 1.54) is 0 Å². The minimum Gasteiger partial charge on any atom is -0.481 e. The first-order valence-corrected chi connectivity index (χ1v) is 11.6. The van der Waals surface area contributed by atoms with Crippen molar-refractivity contribution in [2.75, 3.05) is 52.6 Å². The molecule has 30 heavy (non-hydrogen) atoms. The maximum absolute atomic E-state index is 10.5. The topological polar surface area (TPSA) is 122 Å². The summed E-state index contributed by atoms with van der Waals surface area (Å²) in [4.78, 5) is 23.5. The van der Waals surface area contributed by atoms with Crippen LogP contribution in [-0.2, 0) is 19.1 Å². The van der Waals surface area contributed by atoms with Crippen molar-refractivity contribution in [3.05, 3.63) is 0 Å². The van der Waals surface area contributed by atoms with Gasteiger partial charge in [0.15, 0.2) is 0 Å². The van der Waals surface area contributed by atoms with Crippen molar-refractivity contribution in [3.63, 3.8) is 0 Å². The van der Waals surface area contributed by atoms with Crippen LogP contribution in [0.25, 0.3) is 0 Å². The first-order valence-electron chi connectivity index (χ1n) is 11.6. The quantitative estimate of drug-likeness (QED) is 0.199. The number of hydrogen-bond acceptors (Lipinski definition) is 6. The molecule has 0 aromatic rings. The van der Waals surface area contributed by atoms with E-state index in [1.54, 1.807) is 0 Å². The molecule has 0 atom stereocenters. The Morgan fingerprint density at radius 1 is 0.600 bits per heavy atom. The maximum atomic E-state index is 10.5. The summed E-state index contributed by atoms with van der Waals surface area (Å²) < 4.78 is 11.0. The second kappa shape index (κ2) is 22.5. The molecule has 178 valence electrons. The number of ether oxygens (including phenoxy) is 2. The number of aliphatic carboxylic acids is 2. The molecule has 0 saturated heterocycles. The van der Waals surface area contributed by atoms with Crippen LogP contribution in [0.5, 0.6) is 0 Å². The van der Waals surface area contributed by atoms with Gasteiger partial charge in [-0.15, -0.1) is 0 Å². The largest absolute Gasteiger partial charge is 0.481 e. The van der Waals surface area contributed by atoms with E-state index in [2.05, 4.69) is 4.90 Å². The molecule has 0 aliphatic heterocycles. The van der Waals surface area contributed by atoms with E-state index in [-0.39, 0.29) is 12.8 Å². The van der Waals surface area contributed by atoms with Gasteiger partial charge in [0.2, 0.25) is 0 Å². The number of rotatable bonds is 24. The molecule has 8 nitrogen and oxygen atoms in total. The minimum atomic E-state index is -0.711. The normalized spacial score (nSPS) is 11.3. The molecule has 0 spiro atoms. The van der Waals surface area contributed by atoms with E-state index in [0.29, 0.717) is 33.0 Å². The summed E-state index contributed by atoms with van der Waals surface area (Å²) in [7, 11) is 0. The monoisotopic (exact) mass is 432 g/mol. The second-order valence-corrected chi connectivity index (χ2v) is 7.68. The third-order valence-corrected chi connectivity index (χ3v) is 4.92. The van der Waals surface area contributed by atoms with Gasteiger partial charge in [-0.3, -0.25) is 9.59 Å². The molecular weight excluding hydrogens is 388 g/mol. The summed E-state index contributed by atoms with van der Waals surface area (Å²) in [5.41, 5.74) is 5.38. The molecule has 0 rings (SSSR count). The van der Waals surface area contributed by atoms with Crippen molar-refractivity contribution in [2.24, 2.45) is 5.73 Å². The zero-order valence-electron chi connectivity index (χ0n) is 18.7. The Morgan fingerprint density at radius 2 is 1.03 bits per heavy atom. The van der Waals surface area contributed by atoms with Crippen molar-refractivity contribution in [1.82, 2.24) is 4.90 Å². The Kier molecular flexibility index (Phi) is 21.6. The van der Waals surface area contributed by atoms with Crippen molar-refractivity contribution in [1.29, 1.82) is 0 Å². The molecule has 0 bridgehead atoms. The van der Waals surface area contributed by atoms with E-state index in [1.807, 2.05) is 0 Å². The average molecular weight is 433 g/mol. The molecule has 0 heterocycles. The second-order valence-electron chi connectivity index (χ2n) is 7.68. The molecule has 0 fully saturated rings. The van der Waals surface area contributed by atoms with E-state index in [9.17, 15) is 9.59 Å². The molecule has 0 amide bonds. The third kappa shape index (κ3) is 23.1. The van der Waals surface area contributed by atoms with Crippen LogP contribution in [0.4, 0.5) is 0 Å². The Labute approximate surface area is 182 Å². The number of unbranched alkanes of at least 4 members (excludes halogenated alkanes) is 8. The van der Waals surface area contributed by atoms with E-state index in [4.69, 9.17) is 25.4 Å². The fourth-order valence-corrected chi connectivity index (χ4v) is 3.22. The van der Waals surface area contributed by atoms with Crippen molar-refractivity contribution in [2.45, 2.75) is 77.0 Å². The smallest absolute Gasteiger partial charge is 0.303 e. The molecule has 0 aromatic carbocycles. The number of nitrogens with two attached hydrogens (primary N) is 1. The van der Waals surface area contributed by atoms with Gasteiger partial charge in [-0.05, 0) is 38.8 Å². The SMILES string of the molecule is NCCOCCOCCN(CCCCCCCC(=O)O)CCCCCCCC(=O)O. The number of carboxylic acids is 2. The highest BCUT2D eigenvalue weighted by Crippen LogP contribution is 2.09. The summed E-state index contributed by atoms with van der Waals surface area (Å²) in [6.45, 7) is 5.90. The van der Waals surface area contributed by atoms with Crippen LogP contribution in [0.1, 0.15) is 77.0 Å². The standard InChI is InChI=1S/C22H44N2O6/c23-13-17-29-19-20-30-18-16-24(14-9-5-1-3-7-11-21(25)26)15-10-6-2-4-8-12-22(27)28/h1-20,23H2,(H,25,26)(H,27,28). The molecule has 4 N–H and O–H groups in total. The molecule has 0 unspecified atom stereocenters. The summed E-state index contributed by atoms with van der Waals surface area (Å²) in [6.07, 6.45) is 10.7. The van der Waals surface area contributed by atoms with Crippen LogP contribution in [0.2, 0.25) is 0 Å². The lowest BCUT2D eigenvalue weighted by atomic mass is 10.1. The lowest BCUT2D eigenvalue weighted by Crippen LogP contribution is -2.30. The van der Waals surface area contributed by atoms with Gasteiger partial charge in [-0.25, -0.2) is 0 Å². The predicted molar refractivity (Wildman–Crippen MR) is 118 cm³/mol. The van der Waals surface area contributed by atoms with Crippen LogP contribution in [0, 0.1) is 0 Å². The van der Waals surface area contributed by atoms with Crippen molar-refractivity contribution in [3.8, 4) is 0 Å². The predicted octanol–water partition coefficient (Wildman–Crippen LogP) is 3.13. The van der Waals surface area contributed by atoms with Gasteiger partial charge < -0.3 is 30.3 Å². The van der Waals surface area contributed by atoms with Gasteiger partial charge in [-0.2, -0.15) is 0 Å². The highest BCUT2D eigenvalue weighted by atomic mass is 16.5. The van der Waals surface area contributed by atoms with Gasteiger partial charge >= 0.3 is 11.9 Å². The van der Waals surface area contributed by atoms with Crippen LogP contribution in [0.3, 0.4) is 0 Å². The summed E-state index contributed by atoms with van der Waals surface area (Å²) in [6, 6.07) is 0. The molecule has 0 aliphatic carbocycles. The van der Waals surface area contributed by atoms with E-state index >= 15 is 0 Å². The Hall–Kier alpha value is -1.22. The molecule has 0 aliphatic rings. The van der Waals surface area contributed by atoms with Crippen LogP contribution in [-0.4, -0.2) is 79.7 Å². The van der Waals surface area contributed by atoms with Gasteiger partial charge in [0.05, 0.1) is 26.4 Å². The molecule has 0 saturated carbocycles. The van der Waals surface area contributed by atoms with Gasteiger partial charge in [-0.1, -0.05) is 38.5 Å². The van der Waals surface area contributed by atoms with Crippen molar-refractivity contribution < 1.29 is 29.3 Å². The van der Waals surface area contributed by atoms with Crippen LogP contribution >= 0.6 is 0 Å². The van der Waals surface area contributed by atoms with E-state index in [0.717, 1.165) is 83.8 Å². The minimum absolute atomic E-state index is 0.269. The highest BCUT2D eigenvalue weighted by molar-refractivity contribution is 5.66. The third-order valence-electron chi connectivity index (χ3n) is 4.92. The fourth-order valence-electron chi connectivity index (χ4n) is 3.22. The molecule has 8 heteroatoms. The Balaban J connectivity index is 3.89. The van der Waals surface area contributed by atoms with Gasteiger partial charge in [0, 0.05) is 25.9 Å². The lowest BCUT2D eigenvalue weighted by molar-refractivity contribution is -0.138. The van der Waals surface area contributed by atoms with Gasteiger partial charge in [0.25, 0.3) is 0 Å². The summed E-state index contributed by atoms with van der Waals surface area (Å²) in [5, 5.41) is 17.3. The van der Waals surface area contributed by atoms with E-state index < -0.39 is 11.9 Å². The van der Waals surface area contributed by atoms with Crippen molar-refractivity contribution >= 4 is 11.9 Å². The number of carbonyl (C=O) groups is 2.